The van der Waals surface area contributed by atoms with Crippen LogP contribution in [0, 0.1) is 11.8 Å². The second-order valence-electron chi connectivity index (χ2n) is 5.54. The fraction of sp³-hybridized carbons (Fsp3) is 0.733. The Hall–Kier alpha value is -0.560. The van der Waals surface area contributed by atoms with Crippen molar-refractivity contribution in [3.05, 3.63) is 23.3 Å². The molecule has 1 aliphatic rings. The van der Waals surface area contributed by atoms with Crippen molar-refractivity contribution in [2.45, 2.75) is 59.5 Å². The minimum atomic E-state index is -0.258. The Morgan fingerprint density at radius 2 is 1.88 bits per heavy atom. The predicted molar refractivity (Wildman–Crippen MR) is 70.3 cm³/mol. The number of hydrogen-bond acceptors (Lipinski definition) is 1. The predicted octanol–water partition coefficient (Wildman–Crippen LogP) is 4.09. The summed E-state index contributed by atoms with van der Waals surface area (Å²) in [7, 11) is 0. The first-order valence-corrected chi connectivity index (χ1v) is 6.51. The van der Waals surface area contributed by atoms with E-state index in [1.54, 1.807) is 0 Å². The van der Waals surface area contributed by atoms with Gasteiger partial charge in [-0.25, -0.2) is 0 Å². The van der Waals surface area contributed by atoms with E-state index in [4.69, 9.17) is 0 Å². The second-order valence-corrected chi connectivity index (χ2v) is 5.54. The molecule has 0 aromatic rings. The zero-order valence-electron chi connectivity index (χ0n) is 11.2. The normalized spacial score (nSPS) is 35.1. The topological polar surface area (TPSA) is 20.2 Å². The van der Waals surface area contributed by atoms with Crippen LogP contribution in [0.1, 0.15) is 53.4 Å². The third-order valence-electron chi connectivity index (χ3n) is 3.65. The number of hydrogen-bond donors (Lipinski definition) is 1. The number of aliphatic hydroxyl groups is 1. The number of aliphatic hydroxyl groups excluding tert-OH is 1. The third kappa shape index (κ3) is 4.13. The molecule has 0 aliphatic heterocycles. The highest BCUT2D eigenvalue weighted by molar-refractivity contribution is 5.08. The number of allylic oxidation sites excluding steroid dienone is 3. The molecule has 1 aliphatic carbocycles. The van der Waals surface area contributed by atoms with E-state index < -0.39 is 0 Å². The van der Waals surface area contributed by atoms with Crippen LogP contribution >= 0.6 is 0 Å². The highest BCUT2D eigenvalue weighted by Crippen LogP contribution is 2.26. The van der Waals surface area contributed by atoms with Gasteiger partial charge < -0.3 is 5.11 Å². The van der Waals surface area contributed by atoms with Crippen LogP contribution in [0.3, 0.4) is 0 Å². The summed E-state index contributed by atoms with van der Waals surface area (Å²) in [4.78, 5) is 0. The molecule has 92 valence electrons. The fourth-order valence-corrected chi connectivity index (χ4v) is 2.44. The molecule has 0 spiro atoms. The van der Waals surface area contributed by atoms with E-state index >= 15 is 0 Å². The maximum absolute atomic E-state index is 10.2. The van der Waals surface area contributed by atoms with Crippen molar-refractivity contribution in [3.8, 4) is 0 Å². The Bertz CT molecular complexity index is 273. The monoisotopic (exact) mass is 222 g/mol. The second kappa shape index (κ2) is 6.24. The average Bonchev–Trinajstić information content (AvgIpc) is 2.16. The van der Waals surface area contributed by atoms with E-state index in [-0.39, 0.29) is 6.10 Å². The smallest absolute Gasteiger partial charge is 0.0754 e. The molecule has 0 amide bonds. The van der Waals surface area contributed by atoms with Gasteiger partial charge >= 0.3 is 0 Å². The largest absolute Gasteiger partial charge is 0.389 e. The Morgan fingerprint density at radius 3 is 2.50 bits per heavy atom. The minimum Gasteiger partial charge on any atom is -0.389 e. The Balaban J connectivity index is 2.81. The van der Waals surface area contributed by atoms with Gasteiger partial charge in [0.05, 0.1) is 6.10 Å². The van der Waals surface area contributed by atoms with E-state index in [0.29, 0.717) is 11.8 Å². The Kier molecular flexibility index (Phi) is 5.27. The standard InChI is InChI=1S/C15H26O/c1-11(2)14-9-8-12(3)6-5-7-13(4)10-15(14)16/h6,10-11,14-16H,5,7-9H2,1-4H3/b12-6+,13-10+/t14-,15?/m0/s1. The first-order chi connectivity index (χ1) is 7.50. The molecule has 0 saturated heterocycles. The number of rotatable bonds is 1. The van der Waals surface area contributed by atoms with Gasteiger partial charge in [-0.05, 0) is 51.4 Å². The van der Waals surface area contributed by atoms with Gasteiger partial charge in [0.25, 0.3) is 0 Å². The molecular formula is C15H26O. The van der Waals surface area contributed by atoms with Crippen molar-refractivity contribution in [3.63, 3.8) is 0 Å². The molecule has 1 nitrogen and oxygen atoms in total. The lowest BCUT2D eigenvalue weighted by molar-refractivity contribution is 0.115. The highest BCUT2D eigenvalue weighted by atomic mass is 16.3. The van der Waals surface area contributed by atoms with Gasteiger partial charge in [0.15, 0.2) is 0 Å². The molecule has 0 aromatic heterocycles. The molecule has 1 heteroatoms. The lowest BCUT2D eigenvalue weighted by Gasteiger charge is -2.26. The van der Waals surface area contributed by atoms with Gasteiger partial charge in [-0.1, -0.05) is 37.1 Å². The van der Waals surface area contributed by atoms with Gasteiger partial charge in [-0.3, -0.25) is 0 Å². The molecular weight excluding hydrogens is 196 g/mol. The maximum Gasteiger partial charge on any atom is 0.0754 e. The zero-order valence-corrected chi connectivity index (χ0v) is 11.2. The molecule has 1 rings (SSSR count). The van der Waals surface area contributed by atoms with Gasteiger partial charge in [0.1, 0.15) is 0 Å². The van der Waals surface area contributed by atoms with Crippen LogP contribution < -0.4 is 0 Å². The SMILES string of the molecule is C/C1=C\C(O)[C@H](C(C)C)CC/C(C)=C/CC1. The third-order valence-corrected chi connectivity index (χ3v) is 3.65. The summed E-state index contributed by atoms with van der Waals surface area (Å²) in [5.41, 5.74) is 2.80. The molecule has 1 unspecified atom stereocenters. The van der Waals surface area contributed by atoms with Crippen molar-refractivity contribution < 1.29 is 5.11 Å². The van der Waals surface area contributed by atoms with E-state index in [2.05, 4.69) is 39.8 Å². The first kappa shape index (κ1) is 13.5. The van der Waals surface area contributed by atoms with Crippen molar-refractivity contribution in [2.75, 3.05) is 0 Å². The summed E-state index contributed by atoms with van der Waals surface area (Å²) in [5, 5.41) is 10.2. The van der Waals surface area contributed by atoms with E-state index in [1.165, 1.54) is 11.1 Å². The van der Waals surface area contributed by atoms with Crippen molar-refractivity contribution in [1.82, 2.24) is 0 Å². The summed E-state index contributed by atoms with van der Waals surface area (Å²) < 4.78 is 0. The highest BCUT2D eigenvalue weighted by Gasteiger charge is 2.21. The maximum atomic E-state index is 10.2. The zero-order chi connectivity index (χ0) is 12.1. The lowest BCUT2D eigenvalue weighted by atomic mass is 9.83. The summed E-state index contributed by atoms with van der Waals surface area (Å²) in [6, 6.07) is 0. The van der Waals surface area contributed by atoms with Crippen LogP contribution in [0.2, 0.25) is 0 Å². The minimum absolute atomic E-state index is 0.258. The van der Waals surface area contributed by atoms with Gasteiger partial charge in [0, 0.05) is 0 Å². The van der Waals surface area contributed by atoms with Crippen LogP contribution in [-0.2, 0) is 0 Å². The van der Waals surface area contributed by atoms with Crippen molar-refractivity contribution in [1.29, 1.82) is 0 Å². The van der Waals surface area contributed by atoms with Crippen LogP contribution in [0.25, 0.3) is 0 Å². The van der Waals surface area contributed by atoms with Crippen LogP contribution in [-0.4, -0.2) is 11.2 Å². The van der Waals surface area contributed by atoms with Crippen molar-refractivity contribution in [2.24, 2.45) is 11.8 Å². The molecule has 0 aromatic carbocycles. The summed E-state index contributed by atoms with van der Waals surface area (Å²) in [5.74, 6) is 0.947. The molecule has 16 heavy (non-hydrogen) atoms. The molecule has 0 heterocycles. The van der Waals surface area contributed by atoms with E-state index in [0.717, 1.165) is 25.7 Å². The van der Waals surface area contributed by atoms with Gasteiger partial charge in [0.2, 0.25) is 0 Å². The fourth-order valence-electron chi connectivity index (χ4n) is 2.44. The average molecular weight is 222 g/mol. The van der Waals surface area contributed by atoms with Crippen LogP contribution in [0.5, 0.6) is 0 Å². The Labute approximate surface area is 100 Å². The quantitative estimate of drug-likeness (QED) is 0.663. The molecule has 0 fully saturated rings. The van der Waals surface area contributed by atoms with Crippen LogP contribution in [0.15, 0.2) is 23.3 Å². The summed E-state index contributed by atoms with van der Waals surface area (Å²) in [6.07, 6.45) is 8.60. The first-order valence-electron chi connectivity index (χ1n) is 6.51. The van der Waals surface area contributed by atoms with Gasteiger partial charge in [-0.2, -0.15) is 0 Å². The summed E-state index contributed by atoms with van der Waals surface area (Å²) in [6.45, 7) is 8.76. The van der Waals surface area contributed by atoms with E-state index in [9.17, 15) is 5.11 Å². The molecule has 2 atom stereocenters. The molecule has 0 saturated carbocycles. The van der Waals surface area contributed by atoms with Crippen molar-refractivity contribution >= 4 is 0 Å². The van der Waals surface area contributed by atoms with Gasteiger partial charge in [-0.15, -0.1) is 0 Å². The molecule has 0 radical (unpaired) electrons. The molecule has 1 N–H and O–H groups in total. The van der Waals surface area contributed by atoms with Crippen LogP contribution in [0.4, 0.5) is 0 Å². The molecule has 0 bridgehead atoms. The Morgan fingerprint density at radius 1 is 1.19 bits per heavy atom. The summed E-state index contributed by atoms with van der Waals surface area (Å²) >= 11 is 0. The van der Waals surface area contributed by atoms with E-state index in [1.807, 2.05) is 0 Å². The lowest BCUT2D eigenvalue weighted by Crippen LogP contribution is -2.24.